The number of halogens is 1. The number of aromatic nitrogens is 3. The first-order valence-corrected chi connectivity index (χ1v) is 8.65. The van der Waals surface area contributed by atoms with E-state index < -0.39 is 0 Å². The molecule has 0 saturated heterocycles. The Kier molecular flexibility index (Phi) is 3.93. The highest BCUT2D eigenvalue weighted by atomic mass is 79.9. The third-order valence-electron chi connectivity index (χ3n) is 4.02. The summed E-state index contributed by atoms with van der Waals surface area (Å²) >= 11 is 3.18. The minimum Gasteiger partial charge on any atom is -0.444 e. The molecule has 0 aliphatic carbocycles. The van der Waals surface area contributed by atoms with Gasteiger partial charge in [0.05, 0.1) is 11.4 Å². The average Bonchev–Trinajstić information content (AvgIpc) is 3.32. The number of H-pyrrole nitrogens is 1. The number of fused-ring (bicyclic) bond motifs is 1. The van der Waals surface area contributed by atoms with Crippen molar-refractivity contribution >= 4 is 38.6 Å². The molecule has 0 saturated carbocycles. The second-order valence-electron chi connectivity index (χ2n) is 5.56. The van der Waals surface area contributed by atoms with Crippen LogP contribution in [0.4, 0.5) is 5.82 Å². The van der Waals surface area contributed by atoms with Crippen LogP contribution in [0.15, 0.2) is 57.6 Å². The Balaban J connectivity index is 1.64. The van der Waals surface area contributed by atoms with Crippen LogP contribution in [0.25, 0.3) is 22.3 Å². The number of aromatic amines is 1. The lowest BCUT2D eigenvalue weighted by molar-refractivity contribution is 0.0995. The van der Waals surface area contributed by atoms with E-state index in [1.807, 2.05) is 18.2 Å². The Morgan fingerprint density at radius 1 is 1.28 bits per heavy atom. The van der Waals surface area contributed by atoms with Crippen LogP contribution in [0.3, 0.4) is 0 Å². The van der Waals surface area contributed by atoms with Crippen molar-refractivity contribution in [3.63, 3.8) is 0 Å². The second-order valence-corrected chi connectivity index (χ2v) is 6.34. The van der Waals surface area contributed by atoms with E-state index in [4.69, 9.17) is 4.42 Å². The number of nitrogens with one attached hydrogen (secondary N) is 2. The summed E-state index contributed by atoms with van der Waals surface area (Å²) in [6.45, 7) is 2.94. The molecule has 0 aliphatic rings. The van der Waals surface area contributed by atoms with Crippen molar-refractivity contribution in [2.45, 2.75) is 13.5 Å². The van der Waals surface area contributed by atoms with Crippen LogP contribution in [0.5, 0.6) is 0 Å². The largest absolute Gasteiger partial charge is 0.444 e. The van der Waals surface area contributed by atoms with Crippen LogP contribution in [-0.2, 0) is 6.54 Å². The molecule has 2 N–H and O–H groups in total. The molecule has 0 unspecified atom stereocenters. The number of aryl methyl sites for hydroxylation is 1. The maximum absolute atomic E-state index is 12.2. The predicted octanol–water partition coefficient (Wildman–Crippen LogP) is 4.66. The fourth-order valence-electron chi connectivity index (χ4n) is 2.91. The van der Waals surface area contributed by atoms with Crippen molar-refractivity contribution in [2.75, 3.05) is 5.32 Å². The molecule has 3 aromatic heterocycles. The van der Waals surface area contributed by atoms with Crippen molar-refractivity contribution in [3.05, 3.63) is 59.0 Å². The number of benzene rings is 1. The van der Waals surface area contributed by atoms with Gasteiger partial charge in [0.25, 0.3) is 5.91 Å². The molecule has 0 fully saturated rings. The van der Waals surface area contributed by atoms with Gasteiger partial charge < -0.3 is 14.3 Å². The number of carbonyl (C=O) groups is 1. The molecule has 0 atom stereocenters. The fraction of sp³-hybridized carbons (Fsp3) is 0.111. The molecule has 126 valence electrons. The van der Waals surface area contributed by atoms with Gasteiger partial charge in [0.15, 0.2) is 16.2 Å². The van der Waals surface area contributed by atoms with Crippen LogP contribution in [-0.4, -0.2) is 20.7 Å². The molecule has 0 bridgehead atoms. The first kappa shape index (κ1) is 15.7. The van der Waals surface area contributed by atoms with Crippen LogP contribution in [0.2, 0.25) is 0 Å². The number of para-hydroxylation sites is 1. The third kappa shape index (κ3) is 2.87. The molecule has 0 spiro atoms. The normalized spacial score (nSPS) is 11.1. The monoisotopic (exact) mass is 398 g/mol. The summed E-state index contributed by atoms with van der Waals surface area (Å²) in [4.78, 5) is 12.2. The van der Waals surface area contributed by atoms with Gasteiger partial charge >= 0.3 is 0 Å². The van der Waals surface area contributed by atoms with Gasteiger partial charge in [-0.2, -0.15) is 5.10 Å². The SMILES string of the molecule is CCn1c(-c2cc(NC(=O)c3ccc(Br)o3)n[nH]2)cc2ccccc21. The van der Waals surface area contributed by atoms with Gasteiger partial charge in [0.2, 0.25) is 0 Å². The van der Waals surface area contributed by atoms with Crippen LogP contribution >= 0.6 is 15.9 Å². The summed E-state index contributed by atoms with van der Waals surface area (Å²) in [5.41, 5.74) is 3.03. The summed E-state index contributed by atoms with van der Waals surface area (Å²) in [7, 11) is 0. The average molecular weight is 399 g/mol. The van der Waals surface area contributed by atoms with Crippen LogP contribution < -0.4 is 5.32 Å². The predicted molar refractivity (Wildman–Crippen MR) is 99.6 cm³/mol. The summed E-state index contributed by atoms with van der Waals surface area (Å²) in [5.74, 6) is 0.319. The maximum atomic E-state index is 12.2. The molecule has 0 radical (unpaired) electrons. The highest BCUT2D eigenvalue weighted by Gasteiger charge is 2.15. The van der Waals surface area contributed by atoms with Gasteiger partial charge in [0.1, 0.15) is 0 Å². The standard InChI is InChI=1S/C18H15BrN4O2/c1-2-23-13-6-4-3-5-11(13)9-14(23)12-10-17(22-21-12)20-18(24)15-7-8-16(19)25-15/h3-10H,2H2,1H3,(H2,20,21,22,24). The van der Waals surface area contributed by atoms with E-state index in [1.165, 1.54) is 10.9 Å². The number of hydrogen-bond donors (Lipinski definition) is 2. The van der Waals surface area contributed by atoms with Crippen molar-refractivity contribution in [1.82, 2.24) is 14.8 Å². The molecular weight excluding hydrogens is 384 g/mol. The van der Waals surface area contributed by atoms with E-state index in [1.54, 1.807) is 12.1 Å². The smallest absolute Gasteiger partial charge is 0.292 e. The molecular formula is C18H15BrN4O2. The molecule has 7 heteroatoms. The summed E-state index contributed by atoms with van der Waals surface area (Å²) in [6, 6.07) is 15.4. The van der Waals surface area contributed by atoms with Crippen LogP contribution in [0.1, 0.15) is 17.5 Å². The summed E-state index contributed by atoms with van der Waals surface area (Å²) in [5, 5.41) is 11.1. The van der Waals surface area contributed by atoms with E-state index in [0.29, 0.717) is 10.5 Å². The van der Waals surface area contributed by atoms with Crippen molar-refractivity contribution in [2.24, 2.45) is 0 Å². The van der Waals surface area contributed by atoms with Crippen molar-refractivity contribution in [3.8, 4) is 11.4 Å². The lowest BCUT2D eigenvalue weighted by Crippen LogP contribution is -2.10. The van der Waals surface area contributed by atoms with Gasteiger partial charge in [-0.15, -0.1) is 0 Å². The first-order chi connectivity index (χ1) is 12.2. The van der Waals surface area contributed by atoms with E-state index >= 15 is 0 Å². The number of nitrogens with zero attached hydrogens (tertiary/aromatic N) is 2. The van der Waals surface area contributed by atoms with E-state index in [2.05, 4.69) is 61.1 Å². The van der Waals surface area contributed by atoms with E-state index in [9.17, 15) is 4.79 Å². The minimum absolute atomic E-state index is 0.221. The quantitative estimate of drug-likeness (QED) is 0.524. The van der Waals surface area contributed by atoms with Gasteiger partial charge in [-0.1, -0.05) is 18.2 Å². The summed E-state index contributed by atoms with van der Waals surface area (Å²) in [6.07, 6.45) is 0. The zero-order valence-corrected chi connectivity index (χ0v) is 15.0. The summed E-state index contributed by atoms with van der Waals surface area (Å²) < 4.78 is 7.96. The molecule has 4 aromatic rings. The van der Waals surface area contributed by atoms with Gasteiger partial charge in [0, 0.05) is 23.5 Å². The fourth-order valence-corrected chi connectivity index (χ4v) is 3.21. The maximum Gasteiger partial charge on any atom is 0.292 e. The third-order valence-corrected chi connectivity index (χ3v) is 4.45. The topological polar surface area (TPSA) is 75.8 Å². The lowest BCUT2D eigenvalue weighted by Gasteiger charge is -2.05. The number of anilines is 1. The Hall–Kier alpha value is -2.80. The number of carbonyl (C=O) groups excluding carboxylic acids is 1. The van der Waals surface area contributed by atoms with E-state index in [0.717, 1.165) is 17.9 Å². The number of furan rings is 1. The second kappa shape index (κ2) is 6.25. The molecule has 0 aliphatic heterocycles. The Morgan fingerprint density at radius 2 is 2.12 bits per heavy atom. The lowest BCUT2D eigenvalue weighted by atomic mass is 10.2. The molecule has 3 heterocycles. The molecule has 1 amide bonds. The van der Waals surface area contributed by atoms with Crippen molar-refractivity contribution < 1.29 is 9.21 Å². The highest BCUT2D eigenvalue weighted by molar-refractivity contribution is 9.10. The van der Waals surface area contributed by atoms with Gasteiger partial charge in [-0.25, -0.2) is 0 Å². The zero-order chi connectivity index (χ0) is 17.4. The minimum atomic E-state index is -0.347. The first-order valence-electron chi connectivity index (χ1n) is 7.86. The number of amides is 1. The number of rotatable bonds is 4. The molecule has 1 aromatic carbocycles. The van der Waals surface area contributed by atoms with Gasteiger partial charge in [-0.05, 0) is 47.1 Å². The zero-order valence-electron chi connectivity index (χ0n) is 13.4. The van der Waals surface area contributed by atoms with Gasteiger partial charge in [-0.3, -0.25) is 9.89 Å². The van der Waals surface area contributed by atoms with Crippen molar-refractivity contribution in [1.29, 1.82) is 0 Å². The molecule has 25 heavy (non-hydrogen) atoms. The Bertz CT molecular complexity index is 1060. The number of hydrogen-bond acceptors (Lipinski definition) is 3. The highest BCUT2D eigenvalue weighted by Crippen LogP contribution is 2.28. The molecule has 4 rings (SSSR count). The Morgan fingerprint density at radius 3 is 2.88 bits per heavy atom. The Labute approximate surface area is 152 Å². The van der Waals surface area contributed by atoms with E-state index in [-0.39, 0.29) is 11.7 Å². The van der Waals surface area contributed by atoms with Crippen LogP contribution in [0, 0.1) is 0 Å². The molecule has 6 nitrogen and oxygen atoms in total.